The van der Waals surface area contributed by atoms with Crippen molar-refractivity contribution in [2.45, 2.75) is 62.9 Å². The molecule has 7 N–H and O–H groups in total. The van der Waals surface area contributed by atoms with Crippen molar-refractivity contribution in [2.24, 2.45) is 17.4 Å². The number of rotatable bonds is 10. The van der Waals surface area contributed by atoms with Crippen LogP contribution in [0.5, 0.6) is 0 Å². The zero-order valence-electron chi connectivity index (χ0n) is 19.1. The first-order valence-corrected chi connectivity index (χ1v) is 13.1. The van der Waals surface area contributed by atoms with Gasteiger partial charge >= 0.3 is 0 Å². The van der Waals surface area contributed by atoms with Gasteiger partial charge in [-0.1, -0.05) is 6.92 Å². The van der Waals surface area contributed by atoms with E-state index in [4.69, 9.17) is 11.5 Å². The molecule has 12 heteroatoms. The number of carbonyl (C=O) groups excluding carboxylic acids is 1. The van der Waals surface area contributed by atoms with Crippen molar-refractivity contribution in [1.29, 1.82) is 0 Å². The van der Waals surface area contributed by atoms with Crippen LogP contribution in [0.3, 0.4) is 0 Å². The van der Waals surface area contributed by atoms with Crippen LogP contribution in [-0.4, -0.2) is 88.0 Å². The summed E-state index contributed by atoms with van der Waals surface area (Å²) in [7, 11) is -3.15. The molecule has 1 amide bonds. The number of amides is 1. The molecule has 9 nitrogen and oxygen atoms in total. The van der Waals surface area contributed by atoms with Gasteiger partial charge in [0.2, 0.25) is 5.91 Å². The normalized spacial score (nSPS) is 23.9. The molecule has 1 saturated heterocycles. The SMILES string of the molecule is CCC(F)CNC(C)C(C(=O)NC1=C(N2CCC(S(C)(=O)=O)CC2)C(F)CNC1)C(N)N. The van der Waals surface area contributed by atoms with Crippen LogP contribution in [0.25, 0.3) is 0 Å². The molecule has 186 valence electrons. The fourth-order valence-corrected chi connectivity index (χ4v) is 5.34. The zero-order valence-corrected chi connectivity index (χ0v) is 19.9. The van der Waals surface area contributed by atoms with E-state index in [9.17, 15) is 22.0 Å². The van der Waals surface area contributed by atoms with E-state index in [1.165, 1.54) is 6.26 Å². The summed E-state index contributed by atoms with van der Waals surface area (Å²) in [4.78, 5) is 14.9. The Balaban J connectivity index is 2.16. The maximum Gasteiger partial charge on any atom is 0.231 e. The minimum absolute atomic E-state index is 0.0749. The fourth-order valence-electron chi connectivity index (χ4n) is 4.27. The second-order valence-electron chi connectivity index (χ2n) is 8.77. The van der Waals surface area contributed by atoms with Crippen LogP contribution in [0.4, 0.5) is 8.78 Å². The molecule has 1 fully saturated rings. The van der Waals surface area contributed by atoms with E-state index < -0.39 is 51.5 Å². The first-order valence-electron chi connectivity index (χ1n) is 11.2. The quantitative estimate of drug-likeness (QED) is 0.260. The van der Waals surface area contributed by atoms with E-state index in [-0.39, 0.29) is 19.6 Å². The Morgan fingerprint density at radius 3 is 2.47 bits per heavy atom. The number of piperidine rings is 1. The highest BCUT2D eigenvalue weighted by Crippen LogP contribution is 2.26. The van der Waals surface area contributed by atoms with E-state index >= 15 is 0 Å². The van der Waals surface area contributed by atoms with Crippen molar-refractivity contribution in [3.8, 4) is 0 Å². The molecule has 0 spiro atoms. The highest BCUT2D eigenvalue weighted by atomic mass is 32.2. The maximum absolute atomic E-state index is 14.9. The molecular formula is C20H38F2N6O3S. The third-order valence-corrected chi connectivity index (χ3v) is 7.94. The lowest BCUT2D eigenvalue weighted by Crippen LogP contribution is -2.57. The molecule has 0 aliphatic carbocycles. The molecule has 2 rings (SSSR count). The molecule has 0 radical (unpaired) electrons. The Labute approximate surface area is 189 Å². The van der Waals surface area contributed by atoms with Gasteiger partial charge in [-0.2, -0.15) is 0 Å². The molecule has 0 aromatic carbocycles. The van der Waals surface area contributed by atoms with Crippen LogP contribution in [0.1, 0.15) is 33.1 Å². The smallest absolute Gasteiger partial charge is 0.231 e. The van der Waals surface area contributed by atoms with Crippen molar-refractivity contribution >= 4 is 15.7 Å². The molecule has 4 atom stereocenters. The number of alkyl halides is 2. The lowest BCUT2D eigenvalue weighted by atomic mass is 9.96. The molecule has 32 heavy (non-hydrogen) atoms. The molecule has 2 aliphatic heterocycles. The number of hydrogen-bond acceptors (Lipinski definition) is 8. The summed E-state index contributed by atoms with van der Waals surface area (Å²) in [6.07, 6.45) is -1.00. The molecule has 0 saturated carbocycles. The number of likely N-dealkylation sites (tertiary alicyclic amines) is 1. The Kier molecular flexibility index (Phi) is 9.83. The topological polar surface area (TPSA) is 143 Å². The van der Waals surface area contributed by atoms with Crippen LogP contribution in [0.15, 0.2) is 11.4 Å². The second kappa shape index (κ2) is 11.7. The summed E-state index contributed by atoms with van der Waals surface area (Å²) in [5.41, 5.74) is 12.5. The molecule has 0 aromatic rings. The lowest BCUT2D eigenvalue weighted by Gasteiger charge is -2.39. The van der Waals surface area contributed by atoms with E-state index in [2.05, 4.69) is 16.0 Å². The van der Waals surface area contributed by atoms with Gasteiger partial charge in [0.25, 0.3) is 0 Å². The number of carbonyl (C=O) groups is 1. The van der Waals surface area contributed by atoms with Gasteiger partial charge in [-0.25, -0.2) is 17.2 Å². The van der Waals surface area contributed by atoms with Crippen LogP contribution >= 0.6 is 0 Å². The van der Waals surface area contributed by atoms with Crippen molar-refractivity contribution in [3.63, 3.8) is 0 Å². The van der Waals surface area contributed by atoms with Gasteiger partial charge in [0.1, 0.15) is 16.0 Å². The first-order chi connectivity index (χ1) is 15.0. The molecule has 4 unspecified atom stereocenters. The van der Waals surface area contributed by atoms with Crippen molar-refractivity contribution in [2.75, 3.05) is 39.0 Å². The lowest BCUT2D eigenvalue weighted by molar-refractivity contribution is -0.125. The summed E-state index contributed by atoms with van der Waals surface area (Å²) in [6, 6.07) is -0.493. The molecule has 0 aromatic heterocycles. The highest BCUT2D eigenvalue weighted by molar-refractivity contribution is 7.91. The Bertz CT molecular complexity index is 771. The average Bonchev–Trinajstić information content (AvgIpc) is 2.71. The number of nitrogens with two attached hydrogens (primary N) is 2. The fraction of sp³-hybridized carbons (Fsp3) is 0.850. The van der Waals surface area contributed by atoms with Crippen LogP contribution in [-0.2, 0) is 14.6 Å². The molecule has 0 bridgehead atoms. The predicted octanol–water partition coefficient (Wildman–Crippen LogP) is -0.650. The maximum atomic E-state index is 14.9. The number of hydrogen-bond donors (Lipinski definition) is 5. The number of nitrogens with zero attached hydrogens (tertiary/aromatic N) is 1. The minimum Gasteiger partial charge on any atom is -0.371 e. The van der Waals surface area contributed by atoms with E-state index in [0.717, 1.165) is 0 Å². The molecule has 2 heterocycles. The van der Waals surface area contributed by atoms with Gasteiger partial charge in [-0.3, -0.25) is 4.79 Å². The summed E-state index contributed by atoms with van der Waals surface area (Å²) >= 11 is 0. The molecular weight excluding hydrogens is 442 g/mol. The predicted molar refractivity (Wildman–Crippen MR) is 121 cm³/mol. The minimum atomic E-state index is -3.15. The van der Waals surface area contributed by atoms with E-state index in [1.54, 1.807) is 13.8 Å². The third kappa shape index (κ3) is 7.08. The van der Waals surface area contributed by atoms with Crippen molar-refractivity contribution in [1.82, 2.24) is 20.9 Å². The van der Waals surface area contributed by atoms with E-state index in [0.29, 0.717) is 43.7 Å². The van der Waals surface area contributed by atoms with Crippen molar-refractivity contribution < 1.29 is 22.0 Å². The average molecular weight is 481 g/mol. The largest absolute Gasteiger partial charge is 0.371 e. The van der Waals surface area contributed by atoms with Crippen LogP contribution in [0.2, 0.25) is 0 Å². The summed E-state index contributed by atoms with van der Waals surface area (Å²) < 4.78 is 52.2. The monoisotopic (exact) mass is 480 g/mol. The van der Waals surface area contributed by atoms with Gasteiger partial charge in [0, 0.05) is 45.0 Å². The second-order valence-corrected chi connectivity index (χ2v) is 11.1. The Morgan fingerprint density at radius 1 is 1.31 bits per heavy atom. The standard InChI is InChI=1S/C20H38F2N6O3S/c1-4-13(21)9-26-12(2)17(19(23)24)20(29)27-16-11-25-10-15(22)18(16)28-7-5-14(6-8-28)32(3,30)31/h12-15,17,19,25-26H,4-11,23-24H2,1-3H3,(H,27,29). The van der Waals surface area contributed by atoms with Gasteiger partial charge in [-0.05, 0) is 26.2 Å². The number of sulfone groups is 1. The molecule has 2 aliphatic rings. The Morgan fingerprint density at radius 2 is 1.94 bits per heavy atom. The van der Waals surface area contributed by atoms with Crippen LogP contribution < -0.4 is 27.4 Å². The third-order valence-electron chi connectivity index (χ3n) is 6.25. The zero-order chi connectivity index (χ0) is 24.1. The van der Waals surface area contributed by atoms with Gasteiger partial charge < -0.3 is 32.3 Å². The Hall–Kier alpha value is -1.34. The van der Waals surface area contributed by atoms with Gasteiger partial charge in [-0.15, -0.1) is 0 Å². The van der Waals surface area contributed by atoms with Gasteiger partial charge in [0.15, 0.2) is 6.17 Å². The number of nitrogens with one attached hydrogen (secondary N) is 3. The summed E-state index contributed by atoms with van der Waals surface area (Å²) in [5.74, 6) is -1.33. The van der Waals surface area contributed by atoms with Crippen molar-refractivity contribution in [3.05, 3.63) is 11.4 Å². The van der Waals surface area contributed by atoms with Gasteiger partial charge in [0.05, 0.1) is 28.7 Å². The summed E-state index contributed by atoms with van der Waals surface area (Å²) in [5, 5.41) is 8.25. The highest BCUT2D eigenvalue weighted by Gasteiger charge is 2.35. The van der Waals surface area contributed by atoms with Crippen LogP contribution in [0, 0.1) is 5.92 Å². The first kappa shape index (κ1) is 26.9. The number of halogens is 2. The summed E-state index contributed by atoms with van der Waals surface area (Å²) in [6.45, 7) is 4.65. The van der Waals surface area contributed by atoms with E-state index in [1.807, 2.05) is 4.90 Å².